The largest absolute Gasteiger partial charge is 0.481 e. The van der Waals surface area contributed by atoms with Crippen LogP contribution in [0.15, 0.2) is 0 Å². The van der Waals surface area contributed by atoms with Gasteiger partial charge in [-0.2, -0.15) is 0 Å². The molecule has 6 unspecified atom stereocenters. The van der Waals surface area contributed by atoms with Crippen molar-refractivity contribution in [1.29, 1.82) is 0 Å². The highest BCUT2D eigenvalue weighted by atomic mass is 16.4. The molecular formula is C34H59N11O13. The Morgan fingerprint density at radius 1 is 0.517 bits per heavy atom. The van der Waals surface area contributed by atoms with Gasteiger partial charge >= 0.3 is 11.9 Å². The summed E-state index contributed by atoms with van der Waals surface area (Å²) < 4.78 is 0. The van der Waals surface area contributed by atoms with Crippen LogP contribution in [0.3, 0.4) is 0 Å². The number of rotatable bonds is 31. The van der Waals surface area contributed by atoms with Gasteiger partial charge < -0.3 is 70.8 Å². The first-order chi connectivity index (χ1) is 27.1. The second-order valence-corrected chi connectivity index (χ2v) is 13.9. The highest BCUT2D eigenvalue weighted by molar-refractivity contribution is 5.96. The Balaban J connectivity index is 6.02. The van der Waals surface area contributed by atoms with E-state index in [0.717, 1.165) is 0 Å². The van der Waals surface area contributed by atoms with Crippen LogP contribution in [0.4, 0.5) is 0 Å². The summed E-state index contributed by atoms with van der Waals surface area (Å²) in [5.41, 5.74) is 26.9. The lowest BCUT2D eigenvalue weighted by atomic mass is 10.0. The number of carbonyl (C=O) groups excluding carboxylic acids is 9. The Labute approximate surface area is 334 Å². The molecule has 0 aliphatic carbocycles. The normalized spacial score (nSPS) is 13.9. The van der Waals surface area contributed by atoms with E-state index in [1.165, 1.54) is 0 Å². The van der Waals surface area contributed by atoms with Gasteiger partial charge in [0.15, 0.2) is 0 Å². The van der Waals surface area contributed by atoms with Gasteiger partial charge in [0, 0.05) is 25.7 Å². The summed E-state index contributed by atoms with van der Waals surface area (Å²) in [6.45, 7) is 2.94. The van der Waals surface area contributed by atoms with Crippen LogP contribution in [0.5, 0.6) is 0 Å². The van der Waals surface area contributed by atoms with E-state index >= 15 is 0 Å². The summed E-state index contributed by atoms with van der Waals surface area (Å²) >= 11 is 0. The molecule has 0 aliphatic rings. The fourth-order valence-corrected chi connectivity index (χ4v) is 5.16. The van der Waals surface area contributed by atoms with E-state index in [4.69, 9.17) is 33.8 Å². The summed E-state index contributed by atoms with van der Waals surface area (Å²) in [6.07, 6.45) is -1.92. The lowest BCUT2D eigenvalue weighted by Gasteiger charge is -2.27. The lowest BCUT2D eigenvalue weighted by molar-refractivity contribution is -0.142. The third-order valence-electron chi connectivity index (χ3n) is 8.29. The van der Waals surface area contributed by atoms with E-state index < -0.39 is 127 Å². The highest BCUT2D eigenvalue weighted by Crippen LogP contribution is 2.10. The van der Waals surface area contributed by atoms with Gasteiger partial charge in [-0.1, -0.05) is 13.8 Å². The van der Waals surface area contributed by atoms with Crippen molar-refractivity contribution in [3.63, 3.8) is 0 Å². The SMILES string of the molecule is CC(C)CC(NC(=O)C(CCCCN)NC(=O)C(N)CCC(=O)O)C(=O)NC(CCC(N)=O)C(=O)NCC(=O)NC(CCC(N)=O)C(=O)NC(CCC(N)=O)C(=O)O. The zero-order chi connectivity index (χ0) is 44.5. The average Bonchev–Trinajstić information content (AvgIpc) is 3.12. The van der Waals surface area contributed by atoms with Crippen molar-refractivity contribution in [2.24, 2.45) is 34.6 Å². The van der Waals surface area contributed by atoms with Crippen molar-refractivity contribution in [3.05, 3.63) is 0 Å². The summed E-state index contributed by atoms with van der Waals surface area (Å²) in [6, 6.07) is -8.35. The Morgan fingerprint density at radius 3 is 1.41 bits per heavy atom. The highest BCUT2D eigenvalue weighted by Gasteiger charge is 2.32. The number of nitrogens with two attached hydrogens (primary N) is 5. The van der Waals surface area contributed by atoms with Crippen LogP contribution in [0, 0.1) is 5.92 Å². The van der Waals surface area contributed by atoms with Gasteiger partial charge in [-0.05, 0) is 63.8 Å². The lowest BCUT2D eigenvalue weighted by Crippen LogP contribution is -2.58. The maximum absolute atomic E-state index is 13.6. The number of hydrogen-bond donors (Lipinski definition) is 13. The number of hydrogen-bond acceptors (Lipinski definition) is 13. The first-order valence-corrected chi connectivity index (χ1v) is 18.6. The van der Waals surface area contributed by atoms with Gasteiger partial charge in [0.1, 0.15) is 30.2 Å². The maximum atomic E-state index is 13.6. The number of carboxylic acids is 2. The summed E-state index contributed by atoms with van der Waals surface area (Å²) in [4.78, 5) is 136. The van der Waals surface area contributed by atoms with Crippen LogP contribution in [-0.2, 0) is 52.7 Å². The number of primary amides is 3. The van der Waals surface area contributed by atoms with E-state index in [1.807, 2.05) is 0 Å². The summed E-state index contributed by atoms with van der Waals surface area (Å²) in [5.74, 6) is -10.9. The zero-order valence-electron chi connectivity index (χ0n) is 32.7. The topological polar surface area (TPSA) is 431 Å². The molecule has 6 atom stereocenters. The Bertz CT molecular complexity index is 1480. The summed E-state index contributed by atoms with van der Waals surface area (Å²) in [5, 5.41) is 32.5. The minimum absolute atomic E-state index is 0.0335. The van der Waals surface area contributed by atoms with E-state index in [9.17, 15) is 57.8 Å². The van der Waals surface area contributed by atoms with Gasteiger partial charge in [-0.3, -0.25) is 47.9 Å². The minimum atomic E-state index is -1.58. The van der Waals surface area contributed by atoms with Gasteiger partial charge in [0.2, 0.25) is 53.2 Å². The maximum Gasteiger partial charge on any atom is 0.326 e. The smallest absolute Gasteiger partial charge is 0.326 e. The van der Waals surface area contributed by atoms with Crippen LogP contribution in [0.1, 0.15) is 90.9 Å². The number of carbonyl (C=O) groups is 11. The molecule has 0 fully saturated rings. The molecule has 24 heteroatoms. The van der Waals surface area contributed by atoms with E-state index in [0.29, 0.717) is 12.8 Å². The predicted octanol–water partition coefficient (Wildman–Crippen LogP) is -5.23. The molecule has 0 bridgehead atoms. The van der Waals surface area contributed by atoms with Crippen molar-refractivity contribution < 1.29 is 63.0 Å². The van der Waals surface area contributed by atoms with Crippen molar-refractivity contribution in [2.45, 2.75) is 127 Å². The van der Waals surface area contributed by atoms with Gasteiger partial charge in [-0.15, -0.1) is 0 Å². The molecule has 0 aliphatic heterocycles. The molecule has 0 saturated carbocycles. The zero-order valence-corrected chi connectivity index (χ0v) is 32.7. The van der Waals surface area contributed by atoms with Crippen LogP contribution in [0.2, 0.25) is 0 Å². The molecule has 0 radical (unpaired) electrons. The molecular weight excluding hydrogens is 770 g/mol. The van der Waals surface area contributed by atoms with Gasteiger partial charge in [0.05, 0.1) is 12.6 Å². The monoisotopic (exact) mass is 829 g/mol. The molecule has 0 aromatic heterocycles. The Hall–Kier alpha value is -5.91. The molecule has 18 N–H and O–H groups in total. The average molecular weight is 830 g/mol. The van der Waals surface area contributed by atoms with Gasteiger partial charge in [0.25, 0.3) is 0 Å². The first-order valence-electron chi connectivity index (χ1n) is 18.6. The van der Waals surface area contributed by atoms with Crippen LogP contribution < -0.4 is 60.6 Å². The number of amides is 9. The third-order valence-corrected chi connectivity index (χ3v) is 8.29. The molecule has 0 heterocycles. The molecule has 58 heavy (non-hydrogen) atoms. The minimum Gasteiger partial charge on any atom is -0.481 e. The Kier molecular flexibility index (Phi) is 24.8. The molecule has 328 valence electrons. The number of nitrogens with one attached hydrogen (secondary N) is 6. The van der Waals surface area contributed by atoms with Crippen LogP contribution >= 0.6 is 0 Å². The van der Waals surface area contributed by atoms with E-state index in [-0.39, 0.29) is 57.4 Å². The second kappa shape index (κ2) is 27.6. The summed E-state index contributed by atoms with van der Waals surface area (Å²) in [7, 11) is 0. The van der Waals surface area contributed by atoms with Crippen molar-refractivity contribution >= 4 is 65.1 Å². The quantitative estimate of drug-likeness (QED) is 0.0291. The standard InChI is InChI=1S/C34H59N11O13/c1-17(2)15-23(45-31(54)19(5-3-4-14-35)42-29(52)18(36)6-13-28(50)51)33(56)43-20(7-10-24(37)46)30(53)40-16-27(49)41-21(8-11-25(38)47)32(55)44-22(34(57)58)9-12-26(39)48/h17-23H,3-16,35-36H2,1-2H3,(H2,37,46)(H2,38,47)(H2,39,48)(H,40,53)(H,41,49)(H,42,52)(H,43,56)(H,44,55)(H,45,54)(H,50,51)(H,57,58). The van der Waals surface area contributed by atoms with Crippen molar-refractivity contribution in [1.82, 2.24) is 31.9 Å². The first kappa shape index (κ1) is 52.1. The van der Waals surface area contributed by atoms with Crippen molar-refractivity contribution in [2.75, 3.05) is 13.1 Å². The molecule has 0 spiro atoms. The molecule has 24 nitrogen and oxygen atoms in total. The van der Waals surface area contributed by atoms with E-state index in [2.05, 4.69) is 31.9 Å². The van der Waals surface area contributed by atoms with E-state index in [1.54, 1.807) is 13.8 Å². The second-order valence-electron chi connectivity index (χ2n) is 13.9. The van der Waals surface area contributed by atoms with Gasteiger partial charge in [-0.25, -0.2) is 4.79 Å². The van der Waals surface area contributed by atoms with Crippen LogP contribution in [0.25, 0.3) is 0 Å². The van der Waals surface area contributed by atoms with Crippen LogP contribution in [-0.4, -0.2) is 125 Å². The molecule has 0 aromatic rings. The number of aliphatic carboxylic acids is 2. The number of unbranched alkanes of at least 4 members (excludes halogenated alkanes) is 1. The third kappa shape index (κ3) is 23.2. The molecule has 0 rings (SSSR count). The molecule has 0 aromatic carbocycles. The Morgan fingerprint density at radius 2 is 0.948 bits per heavy atom. The predicted molar refractivity (Wildman–Crippen MR) is 203 cm³/mol. The molecule has 9 amide bonds. The molecule has 0 saturated heterocycles. The fourth-order valence-electron chi connectivity index (χ4n) is 5.16. The number of carboxylic acid groups (broad SMARTS) is 2. The van der Waals surface area contributed by atoms with Crippen molar-refractivity contribution in [3.8, 4) is 0 Å². The fraction of sp³-hybridized carbons (Fsp3) is 0.676.